The number of nitro groups is 1. The Morgan fingerprint density at radius 1 is 1.21 bits per heavy atom. The minimum Gasteiger partial charge on any atom is -0.452 e. The number of nitriles is 1. The molecule has 1 amide bonds. The summed E-state index contributed by atoms with van der Waals surface area (Å²) in [7, 11) is 0. The van der Waals surface area contributed by atoms with Gasteiger partial charge in [0.25, 0.3) is 11.6 Å². The van der Waals surface area contributed by atoms with E-state index >= 15 is 0 Å². The summed E-state index contributed by atoms with van der Waals surface area (Å²) in [5.41, 5.74) is 0.879. The average molecular weight is 436 g/mol. The van der Waals surface area contributed by atoms with E-state index in [9.17, 15) is 19.7 Å². The minimum absolute atomic E-state index is 0.0789. The van der Waals surface area contributed by atoms with Crippen molar-refractivity contribution in [1.82, 2.24) is 0 Å². The van der Waals surface area contributed by atoms with Crippen LogP contribution in [0.5, 0.6) is 0 Å². The molecule has 0 unspecified atom stereocenters. The van der Waals surface area contributed by atoms with E-state index in [1.807, 2.05) is 6.07 Å². The normalized spacial score (nSPS) is 10.1. The third-order valence-corrected chi connectivity index (χ3v) is 4.65. The molecule has 0 bridgehead atoms. The summed E-state index contributed by atoms with van der Waals surface area (Å²) in [6, 6.07) is 10.2. The van der Waals surface area contributed by atoms with Gasteiger partial charge in [0, 0.05) is 29.4 Å². The first-order valence-electron chi connectivity index (χ1n) is 8.29. The SMILES string of the molecule is Cc1cc(N(CCC#N)C(=O)COC(=O)c2ccc([N+](=O)[O-])cc2Cl)ccc1Cl. The number of esters is 1. The fourth-order valence-corrected chi connectivity index (χ4v) is 2.79. The van der Waals surface area contributed by atoms with E-state index in [1.54, 1.807) is 25.1 Å². The molecule has 0 N–H and O–H groups in total. The van der Waals surface area contributed by atoms with Crippen LogP contribution in [0.4, 0.5) is 11.4 Å². The molecule has 2 aromatic carbocycles. The Balaban J connectivity index is 2.13. The molecule has 0 saturated carbocycles. The number of non-ortho nitro benzene ring substituents is 1. The number of aryl methyl sites for hydroxylation is 1. The van der Waals surface area contributed by atoms with E-state index in [0.717, 1.165) is 23.8 Å². The number of carbonyl (C=O) groups is 2. The standard InChI is InChI=1S/C19H15Cl2N3O5/c1-12-9-13(4-6-16(12)20)23(8-2-7-22)18(25)11-29-19(26)15-5-3-14(24(27)28)10-17(15)21/h3-6,9-10H,2,8,11H2,1H3. The highest BCUT2D eigenvalue weighted by Gasteiger charge is 2.21. The van der Waals surface area contributed by atoms with Crippen molar-refractivity contribution in [2.24, 2.45) is 0 Å². The summed E-state index contributed by atoms with van der Waals surface area (Å²) in [6.45, 7) is 1.28. The number of nitro benzene ring substituents is 1. The molecule has 150 valence electrons. The van der Waals surface area contributed by atoms with Crippen molar-refractivity contribution in [3.63, 3.8) is 0 Å². The van der Waals surface area contributed by atoms with Crippen molar-refractivity contribution in [1.29, 1.82) is 5.26 Å². The van der Waals surface area contributed by atoms with Crippen LogP contribution in [0, 0.1) is 28.4 Å². The molecule has 0 spiro atoms. The Morgan fingerprint density at radius 3 is 2.52 bits per heavy atom. The Hall–Kier alpha value is -3.15. The van der Waals surface area contributed by atoms with Gasteiger partial charge in [-0.05, 0) is 36.8 Å². The van der Waals surface area contributed by atoms with Gasteiger partial charge < -0.3 is 9.64 Å². The molecule has 0 atom stereocenters. The topological polar surface area (TPSA) is 114 Å². The number of ether oxygens (including phenoxy) is 1. The van der Waals surface area contributed by atoms with Gasteiger partial charge in [0.05, 0.1) is 28.0 Å². The number of benzene rings is 2. The third-order valence-electron chi connectivity index (χ3n) is 3.91. The highest BCUT2D eigenvalue weighted by molar-refractivity contribution is 6.33. The van der Waals surface area contributed by atoms with Crippen LogP contribution in [0.25, 0.3) is 0 Å². The molecule has 0 aliphatic carbocycles. The number of carbonyl (C=O) groups excluding carboxylic acids is 2. The van der Waals surface area contributed by atoms with Gasteiger partial charge in [-0.15, -0.1) is 0 Å². The molecule has 29 heavy (non-hydrogen) atoms. The lowest BCUT2D eigenvalue weighted by Gasteiger charge is -2.22. The van der Waals surface area contributed by atoms with Gasteiger partial charge in [0.15, 0.2) is 6.61 Å². The Kier molecular flexibility index (Phi) is 7.53. The predicted octanol–water partition coefficient (Wildman–Crippen LogP) is 4.31. The zero-order valence-electron chi connectivity index (χ0n) is 15.2. The van der Waals surface area contributed by atoms with Crippen LogP contribution >= 0.6 is 23.2 Å². The van der Waals surface area contributed by atoms with Crippen LogP contribution in [-0.2, 0) is 9.53 Å². The second-order valence-corrected chi connectivity index (χ2v) is 6.70. The van der Waals surface area contributed by atoms with Gasteiger partial charge in [-0.1, -0.05) is 23.2 Å². The average Bonchev–Trinajstić information content (AvgIpc) is 2.68. The zero-order chi connectivity index (χ0) is 21.6. The van der Waals surface area contributed by atoms with E-state index in [-0.39, 0.29) is 29.2 Å². The highest BCUT2D eigenvalue weighted by Crippen LogP contribution is 2.24. The fraction of sp³-hybridized carbons (Fsp3) is 0.211. The van der Waals surface area contributed by atoms with E-state index < -0.39 is 23.4 Å². The van der Waals surface area contributed by atoms with Crippen molar-refractivity contribution < 1.29 is 19.2 Å². The lowest BCUT2D eigenvalue weighted by molar-refractivity contribution is -0.384. The number of anilines is 1. The molecule has 0 aliphatic heterocycles. The summed E-state index contributed by atoms with van der Waals surface area (Å²) >= 11 is 11.9. The van der Waals surface area contributed by atoms with Gasteiger partial charge in [0.1, 0.15) is 0 Å². The van der Waals surface area contributed by atoms with Crippen LogP contribution < -0.4 is 4.90 Å². The van der Waals surface area contributed by atoms with Crippen molar-refractivity contribution >= 4 is 46.5 Å². The van der Waals surface area contributed by atoms with Crippen molar-refractivity contribution in [3.05, 3.63) is 67.7 Å². The first-order valence-corrected chi connectivity index (χ1v) is 9.04. The van der Waals surface area contributed by atoms with Crippen LogP contribution in [-0.4, -0.2) is 30.0 Å². The molecule has 2 rings (SSSR count). The molecule has 0 aliphatic rings. The molecule has 2 aromatic rings. The van der Waals surface area contributed by atoms with Crippen LogP contribution in [0.2, 0.25) is 10.0 Å². The number of amides is 1. The molecule has 10 heteroatoms. The lowest BCUT2D eigenvalue weighted by atomic mass is 10.2. The summed E-state index contributed by atoms with van der Waals surface area (Å²) in [5.74, 6) is -1.45. The highest BCUT2D eigenvalue weighted by atomic mass is 35.5. The summed E-state index contributed by atoms with van der Waals surface area (Å²) in [4.78, 5) is 36.2. The van der Waals surface area contributed by atoms with E-state index in [2.05, 4.69) is 0 Å². The molecule has 0 radical (unpaired) electrons. The number of nitrogens with zero attached hydrogens (tertiary/aromatic N) is 3. The predicted molar refractivity (Wildman–Crippen MR) is 107 cm³/mol. The number of rotatable bonds is 7. The molecule has 0 fully saturated rings. The molecule has 0 saturated heterocycles. The molecular formula is C19H15Cl2N3O5. The second-order valence-electron chi connectivity index (χ2n) is 5.88. The summed E-state index contributed by atoms with van der Waals surface area (Å²) in [5, 5.41) is 20.0. The maximum Gasteiger partial charge on any atom is 0.340 e. The van der Waals surface area contributed by atoms with Gasteiger partial charge in [-0.2, -0.15) is 5.26 Å². The lowest BCUT2D eigenvalue weighted by Crippen LogP contribution is -2.35. The van der Waals surface area contributed by atoms with Crippen molar-refractivity contribution in [3.8, 4) is 6.07 Å². The Bertz CT molecular complexity index is 1000. The number of hydrogen-bond donors (Lipinski definition) is 0. The van der Waals surface area contributed by atoms with Gasteiger partial charge in [-0.3, -0.25) is 14.9 Å². The monoisotopic (exact) mass is 435 g/mol. The van der Waals surface area contributed by atoms with E-state index in [1.165, 1.54) is 4.90 Å². The van der Waals surface area contributed by atoms with Crippen LogP contribution in [0.15, 0.2) is 36.4 Å². The largest absolute Gasteiger partial charge is 0.452 e. The number of hydrogen-bond acceptors (Lipinski definition) is 6. The van der Waals surface area contributed by atoms with Crippen molar-refractivity contribution in [2.45, 2.75) is 13.3 Å². The van der Waals surface area contributed by atoms with Gasteiger partial charge >= 0.3 is 5.97 Å². The summed E-state index contributed by atoms with van der Waals surface area (Å²) < 4.78 is 5.01. The molecule has 8 nitrogen and oxygen atoms in total. The smallest absolute Gasteiger partial charge is 0.340 e. The molecule has 0 heterocycles. The fourth-order valence-electron chi connectivity index (χ4n) is 2.42. The van der Waals surface area contributed by atoms with Crippen molar-refractivity contribution in [2.75, 3.05) is 18.1 Å². The number of halogens is 2. The maximum absolute atomic E-state index is 12.6. The summed E-state index contributed by atoms with van der Waals surface area (Å²) in [6.07, 6.45) is 0.0789. The van der Waals surface area contributed by atoms with Gasteiger partial charge in [0.2, 0.25) is 0 Å². The first kappa shape index (κ1) is 22.1. The third kappa shape index (κ3) is 5.67. The zero-order valence-corrected chi connectivity index (χ0v) is 16.7. The molecular weight excluding hydrogens is 421 g/mol. The molecule has 0 aromatic heterocycles. The first-order chi connectivity index (χ1) is 13.7. The van der Waals surface area contributed by atoms with E-state index in [4.69, 9.17) is 33.2 Å². The second kappa shape index (κ2) is 9.87. The van der Waals surface area contributed by atoms with Crippen LogP contribution in [0.1, 0.15) is 22.3 Å². The van der Waals surface area contributed by atoms with Gasteiger partial charge in [-0.25, -0.2) is 4.79 Å². The maximum atomic E-state index is 12.6. The quantitative estimate of drug-likeness (QED) is 0.363. The Labute approximate surface area is 176 Å². The van der Waals surface area contributed by atoms with E-state index in [0.29, 0.717) is 10.7 Å². The van der Waals surface area contributed by atoms with Crippen LogP contribution in [0.3, 0.4) is 0 Å². The Morgan fingerprint density at radius 2 is 1.93 bits per heavy atom. The minimum atomic E-state index is -0.897.